The molecule has 0 spiro atoms. The molecule has 0 radical (unpaired) electrons. The number of carbonyl (C=O) groups excluding carboxylic acids is 2. The Labute approximate surface area is 168 Å². The van der Waals surface area contributed by atoms with Gasteiger partial charge in [-0.15, -0.1) is 0 Å². The predicted molar refractivity (Wildman–Crippen MR) is 102 cm³/mol. The van der Waals surface area contributed by atoms with Crippen molar-refractivity contribution < 1.29 is 22.7 Å². The summed E-state index contributed by atoms with van der Waals surface area (Å²) in [6.07, 6.45) is 0. The maximum absolute atomic E-state index is 12.5. The Morgan fingerprint density at radius 2 is 1.93 bits per heavy atom. The third-order valence-electron chi connectivity index (χ3n) is 4.27. The maximum Gasteiger partial charge on any atom is 0.327 e. The first-order valence-corrected chi connectivity index (χ1v) is 10.1. The van der Waals surface area contributed by atoms with Crippen LogP contribution in [0.5, 0.6) is 0 Å². The van der Waals surface area contributed by atoms with E-state index in [4.69, 9.17) is 16.3 Å². The minimum absolute atomic E-state index is 0.00213. The van der Waals surface area contributed by atoms with Gasteiger partial charge >= 0.3 is 5.97 Å². The molecule has 1 aliphatic heterocycles. The van der Waals surface area contributed by atoms with Crippen molar-refractivity contribution in [1.29, 1.82) is 0 Å². The van der Waals surface area contributed by atoms with E-state index in [-0.39, 0.29) is 16.3 Å². The van der Waals surface area contributed by atoms with E-state index < -0.39 is 40.6 Å². The summed E-state index contributed by atoms with van der Waals surface area (Å²) in [5.41, 5.74) is -0.122. The molecule has 0 bridgehead atoms. The van der Waals surface area contributed by atoms with Crippen LogP contribution in [0.3, 0.4) is 0 Å². The molecule has 11 heteroatoms. The average molecular weight is 434 g/mol. The monoisotopic (exact) mass is 433 g/mol. The lowest BCUT2D eigenvalue weighted by atomic mass is 10.2. The lowest BCUT2D eigenvalue weighted by Crippen LogP contribution is -2.35. The minimum atomic E-state index is -4.12. The number of halogens is 1. The number of ether oxygens (including phenoxy) is 1. The zero-order valence-corrected chi connectivity index (χ0v) is 16.2. The third-order valence-corrected chi connectivity index (χ3v) is 6.29. The summed E-state index contributed by atoms with van der Waals surface area (Å²) < 4.78 is 30.4. The fourth-order valence-corrected chi connectivity index (χ4v) is 4.61. The van der Waals surface area contributed by atoms with E-state index in [1.165, 1.54) is 36.4 Å². The molecule has 1 aliphatic rings. The lowest BCUT2D eigenvalue weighted by Gasteiger charge is -2.14. The largest absolute Gasteiger partial charge is 0.456 e. The number of aromatic nitrogens is 2. The number of aromatic amines is 1. The second-order valence-corrected chi connectivity index (χ2v) is 8.41. The number of nitrogens with one attached hydrogen (secondary N) is 1. The Kier molecular flexibility index (Phi) is 4.59. The van der Waals surface area contributed by atoms with Crippen LogP contribution in [0, 0.1) is 0 Å². The number of amides is 1. The molecule has 0 saturated heterocycles. The van der Waals surface area contributed by atoms with Crippen LogP contribution in [0.2, 0.25) is 5.02 Å². The second kappa shape index (κ2) is 6.98. The van der Waals surface area contributed by atoms with E-state index in [0.29, 0.717) is 20.2 Å². The molecule has 29 heavy (non-hydrogen) atoms. The molecule has 3 aromatic rings. The molecule has 0 saturated carbocycles. The van der Waals surface area contributed by atoms with Crippen molar-refractivity contribution in [3.8, 4) is 0 Å². The van der Waals surface area contributed by atoms with Gasteiger partial charge in [0.1, 0.15) is 23.9 Å². The molecule has 0 unspecified atom stereocenters. The van der Waals surface area contributed by atoms with Gasteiger partial charge in [-0.1, -0.05) is 23.7 Å². The number of H-pyrrole nitrogens is 1. The summed E-state index contributed by atoms with van der Waals surface area (Å²) in [5.74, 6) is -1.72. The molecule has 1 amide bonds. The summed E-state index contributed by atoms with van der Waals surface area (Å²) >= 11 is 5.89. The highest BCUT2D eigenvalue weighted by Gasteiger charge is 2.42. The number of esters is 1. The van der Waals surface area contributed by atoms with E-state index in [1.807, 2.05) is 0 Å². The van der Waals surface area contributed by atoms with E-state index >= 15 is 0 Å². The molecule has 0 atom stereocenters. The molecule has 1 aromatic heterocycles. The maximum atomic E-state index is 12.5. The molecule has 4 rings (SSSR count). The van der Waals surface area contributed by atoms with Gasteiger partial charge in [-0.3, -0.25) is 14.4 Å². The lowest BCUT2D eigenvalue weighted by molar-refractivity contribution is -0.145. The number of benzene rings is 2. The van der Waals surface area contributed by atoms with E-state index in [2.05, 4.69) is 9.97 Å². The molecule has 1 N–H and O–H groups in total. The standard InChI is InChI=1S/C18H12ClN3O6S/c19-10-5-6-11-13(7-10)20-15(21-17(11)24)9-28-16(23)8-22-18(25)12-3-1-2-4-14(12)29(22,26)27/h1-7H,8-9H2,(H,20,21,24). The Morgan fingerprint density at radius 1 is 1.17 bits per heavy atom. The second-order valence-electron chi connectivity index (χ2n) is 6.15. The van der Waals surface area contributed by atoms with Gasteiger partial charge in [0.05, 0.1) is 16.5 Å². The zero-order chi connectivity index (χ0) is 20.8. The molecule has 2 aromatic carbocycles. The molecule has 2 heterocycles. The molecular formula is C18H12ClN3O6S. The Balaban J connectivity index is 1.50. The molecule has 0 fully saturated rings. The quantitative estimate of drug-likeness (QED) is 0.617. The third kappa shape index (κ3) is 3.36. The number of nitrogens with zero attached hydrogens (tertiary/aromatic N) is 2. The van der Waals surface area contributed by atoms with Gasteiger partial charge in [-0.05, 0) is 30.3 Å². The van der Waals surface area contributed by atoms with Crippen molar-refractivity contribution in [2.75, 3.05) is 6.54 Å². The summed E-state index contributed by atoms with van der Waals surface area (Å²) in [4.78, 5) is 43.0. The predicted octanol–water partition coefficient (Wildman–Crippen LogP) is 1.46. The van der Waals surface area contributed by atoms with Gasteiger partial charge in [0.2, 0.25) is 0 Å². The fourth-order valence-electron chi connectivity index (χ4n) is 2.93. The van der Waals surface area contributed by atoms with Crippen molar-refractivity contribution in [2.45, 2.75) is 11.5 Å². The smallest absolute Gasteiger partial charge is 0.327 e. The van der Waals surface area contributed by atoms with Gasteiger partial charge in [-0.25, -0.2) is 17.7 Å². The van der Waals surface area contributed by atoms with Crippen LogP contribution < -0.4 is 5.56 Å². The molecule has 9 nitrogen and oxygen atoms in total. The van der Waals surface area contributed by atoms with Gasteiger partial charge in [0, 0.05) is 5.02 Å². The van der Waals surface area contributed by atoms with Crippen LogP contribution in [0.1, 0.15) is 16.2 Å². The van der Waals surface area contributed by atoms with E-state index in [0.717, 1.165) is 0 Å². The van der Waals surface area contributed by atoms with E-state index in [9.17, 15) is 22.8 Å². The minimum Gasteiger partial charge on any atom is -0.456 e. The van der Waals surface area contributed by atoms with Gasteiger partial charge in [-0.2, -0.15) is 0 Å². The highest BCUT2D eigenvalue weighted by atomic mass is 35.5. The Morgan fingerprint density at radius 3 is 2.69 bits per heavy atom. The van der Waals surface area contributed by atoms with Crippen molar-refractivity contribution in [2.24, 2.45) is 0 Å². The van der Waals surface area contributed by atoms with Gasteiger partial charge < -0.3 is 9.72 Å². The number of hydrogen-bond donors (Lipinski definition) is 1. The van der Waals surface area contributed by atoms with Crippen LogP contribution in [-0.4, -0.2) is 41.1 Å². The van der Waals surface area contributed by atoms with Crippen LogP contribution in [0.15, 0.2) is 52.2 Å². The van der Waals surface area contributed by atoms with Crippen LogP contribution in [0.25, 0.3) is 10.9 Å². The topological polar surface area (TPSA) is 126 Å². The summed E-state index contributed by atoms with van der Waals surface area (Å²) in [7, 11) is -4.12. The van der Waals surface area contributed by atoms with Crippen molar-refractivity contribution in [1.82, 2.24) is 14.3 Å². The first kappa shape index (κ1) is 19.1. The summed E-state index contributed by atoms with van der Waals surface area (Å²) in [5, 5.41) is 0.701. The zero-order valence-electron chi connectivity index (χ0n) is 14.6. The highest BCUT2D eigenvalue weighted by Crippen LogP contribution is 2.29. The number of rotatable bonds is 4. The highest BCUT2D eigenvalue weighted by molar-refractivity contribution is 7.90. The van der Waals surface area contributed by atoms with Crippen LogP contribution >= 0.6 is 11.6 Å². The first-order chi connectivity index (χ1) is 13.8. The Bertz CT molecular complexity index is 1330. The van der Waals surface area contributed by atoms with Crippen molar-refractivity contribution in [3.05, 3.63) is 69.2 Å². The number of fused-ring (bicyclic) bond motifs is 2. The molecular weight excluding hydrogens is 422 g/mol. The Hall–Kier alpha value is -3.24. The number of hydrogen-bond acceptors (Lipinski definition) is 7. The van der Waals surface area contributed by atoms with Crippen molar-refractivity contribution >= 4 is 44.4 Å². The van der Waals surface area contributed by atoms with Crippen LogP contribution in [0.4, 0.5) is 0 Å². The fraction of sp³-hybridized carbons (Fsp3) is 0.111. The number of sulfonamides is 1. The average Bonchev–Trinajstić information content (AvgIpc) is 2.87. The van der Waals surface area contributed by atoms with Crippen molar-refractivity contribution in [3.63, 3.8) is 0 Å². The number of carbonyl (C=O) groups is 2. The SMILES string of the molecule is O=C(CN1C(=O)c2ccccc2S1(=O)=O)OCc1nc2cc(Cl)ccc2c(=O)[nH]1. The van der Waals surface area contributed by atoms with Gasteiger partial charge in [0.15, 0.2) is 0 Å². The molecule has 0 aliphatic carbocycles. The van der Waals surface area contributed by atoms with Gasteiger partial charge in [0.25, 0.3) is 21.5 Å². The molecule has 148 valence electrons. The summed E-state index contributed by atoms with van der Waals surface area (Å²) in [6.45, 7) is -1.20. The summed E-state index contributed by atoms with van der Waals surface area (Å²) in [6, 6.07) is 10.2. The normalized spacial score (nSPS) is 14.8. The van der Waals surface area contributed by atoms with E-state index in [1.54, 1.807) is 6.07 Å². The first-order valence-electron chi connectivity index (χ1n) is 8.27. The van der Waals surface area contributed by atoms with Crippen LogP contribution in [-0.2, 0) is 26.2 Å².